The number of carbonyl (C=O) groups excluding carboxylic acids is 2. The maximum absolute atomic E-state index is 14.7. The fourth-order valence-electron chi connectivity index (χ4n) is 7.79. The van der Waals surface area contributed by atoms with E-state index in [-0.39, 0.29) is 5.92 Å². The molecule has 52 heavy (non-hydrogen) atoms. The molecule has 2 heterocycles. The van der Waals surface area contributed by atoms with E-state index in [0.717, 1.165) is 67.8 Å². The highest BCUT2D eigenvalue weighted by atomic mass is 32.2. The summed E-state index contributed by atoms with van der Waals surface area (Å²) in [5, 5.41) is 21.4. The van der Waals surface area contributed by atoms with E-state index in [0.29, 0.717) is 19.6 Å². The second kappa shape index (κ2) is 19.9. The Kier molecular flexibility index (Phi) is 16.0. The SMILES string of the molecule is CCCCCCCC1(CCCCCCC=C[C@H](C(=O)N2C(=O)SC(c3ccccc3)(c3ccccc3)[C@@H]2C(C)C)[C@@](O)(COC)C(=O)O)OCCO1. The molecule has 2 aliphatic heterocycles. The number of carbonyl (C=O) groups is 3. The Morgan fingerprint density at radius 3 is 1.96 bits per heavy atom. The Bertz CT molecular complexity index is 1400. The number of hydrogen-bond acceptors (Lipinski definition) is 8. The van der Waals surface area contributed by atoms with Crippen molar-refractivity contribution in [1.29, 1.82) is 0 Å². The number of imide groups is 1. The summed E-state index contributed by atoms with van der Waals surface area (Å²) in [7, 11) is 1.28. The molecule has 2 aromatic carbocycles. The predicted octanol–water partition coefficient (Wildman–Crippen LogP) is 8.73. The number of allylic oxidation sites excluding steroid dienone is 1. The molecule has 2 fully saturated rings. The third-order valence-corrected chi connectivity index (χ3v) is 11.8. The van der Waals surface area contributed by atoms with Gasteiger partial charge in [0.15, 0.2) is 5.79 Å². The molecule has 0 aromatic heterocycles. The summed E-state index contributed by atoms with van der Waals surface area (Å²) in [4.78, 5) is 42.6. The van der Waals surface area contributed by atoms with E-state index in [1.165, 1.54) is 43.8 Å². The Morgan fingerprint density at radius 2 is 1.46 bits per heavy atom. The van der Waals surface area contributed by atoms with E-state index in [1.807, 2.05) is 74.5 Å². The number of unbranched alkanes of at least 4 members (excludes halogenated alkanes) is 8. The van der Waals surface area contributed by atoms with Crippen LogP contribution in [0.5, 0.6) is 0 Å². The predicted molar refractivity (Wildman–Crippen MR) is 205 cm³/mol. The molecule has 2 amide bonds. The Labute approximate surface area is 314 Å². The lowest BCUT2D eigenvalue weighted by atomic mass is 9.77. The van der Waals surface area contributed by atoms with Crippen molar-refractivity contribution in [3.05, 3.63) is 83.9 Å². The fraction of sp³-hybridized carbons (Fsp3) is 0.595. The molecule has 0 saturated carbocycles. The number of nitrogens with zero attached hydrogens (tertiary/aromatic N) is 1. The topological polar surface area (TPSA) is 123 Å². The number of aliphatic carboxylic acids is 1. The van der Waals surface area contributed by atoms with Crippen molar-refractivity contribution >= 4 is 28.9 Å². The molecule has 2 aromatic rings. The van der Waals surface area contributed by atoms with Gasteiger partial charge in [0, 0.05) is 20.0 Å². The van der Waals surface area contributed by atoms with Crippen molar-refractivity contribution in [3.8, 4) is 0 Å². The van der Waals surface area contributed by atoms with Crippen LogP contribution in [0, 0.1) is 11.8 Å². The van der Waals surface area contributed by atoms with Gasteiger partial charge in [-0.1, -0.05) is 132 Å². The van der Waals surface area contributed by atoms with E-state index in [2.05, 4.69) is 6.92 Å². The third kappa shape index (κ3) is 9.74. The molecule has 4 rings (SSSR count). The van der Waals surface area contributed by atoms with E-state index in [9.17, 15) is 24.6 Å². The molecule has 0 spiro atoms. The molecule has 2 saturated heterocycles. The lowest BCUT2D eigenvalue weighted by Crippen LogP contribution is -2.58. The summed E-state index contributed by atoms with van der Waals surface area (Å²) < 4.78 is 16.3. The zero-order valence-corrected chi connectivity index (χ0v) is 32.3. The molecule has 9 nitrogen and oxygen atoms in total. The van der Waals surface area contributed by atoms with Crippen LogP contribution >= 0.6 is 11.8 Å². The van der Waals surface area contributed by atoms with Crippen molar-refractivity contribution in [2.24, 2.45) is 11.8 Å². The minimum atomic E-state index is -2.59. The number of methoxy groups -OCH3 is 1. The zero-order valence-electron chi connectivity index (χ0n) is 31.5. The third-order valence-electron chi connectivity index (χ3n) is 10.4. The van der Waals surface area contributed by atoms with Crippen molar-refractivity contribution in [1.82, 2.24) is 4.90 Å². The van der Waals surface area contributed by atoms with E-state index >= 15 is 0 Å². The van der Waals surface area contributed by atoms with Crippen molar-refractivity contribution < 1.29 is 38.8 Å². The van der Waals surface area contributed by atoms with Crippen LogP contribution in [0.2, 0.25) is 0 Å². The monoisotopic (exact) mass is 737 g/mol. The van der Waals surface area contributed by atoms with Gasteiger partial charge >= 0.3 is 5.97 Å². The molecular weight excluding hydrogens is 679 g/mol. The molecule has 286 valence electrons. The van der Waals surface area contributed by atoms with Gasteiger partial charge in [-0.15, -0.1) is 0 Å². The van der Waals surface area contributed by atoms with E-state index < -0.39 is 51.8 Å². The number of hydrogen-bond donors (Lipinski definition) is 2. The van der Waals surface area contributed by atoms with Crippen LogP contribution < -0.4 is 0 Å². The molecule has 2 N–H and O–H groups in total. The summed E-state index contributed by atoms with van der Waals surface area (Å²) in [5.74, 6) is -4.59. The standard InChI is InChI=1S/C42H59NO8S/c1-5-6-7-11-20-27-40(50-29-30-51-40)28-21-12-9-8-10-19-26-35(41(48,31-49-4)38(45)46)37(44)43-36(32(2)3)42(52-39(43)47,33-22-15-13-16-23-33)34-24-17-14-18-25-34/h13-19,22-26,32,35-36,48H,5-12,20-21,27-31H2,1-4H3,(H,45,46)/t35-,36+,41+/m1/s1. The van der Waals surface area contributed by atoms with Crippen LogP contribution in [0.4, 0.5) is 4.79 Å². The van der Waals surface area contributed by atoms with Gasteiger partial charge in [-0.2, -0.15) is 0 Å². The Morgan fingerprint density at radius 1 is 0.923 bits per heavy atom. The maximum atomic E-state index is 14.7. The van der Waals surface area contributed by atoms with E-state index in [4.69, 9.17) is 14.2 Å². The second-order valence-electron chi connectivity index (χ2n) is 14.5. The first-order chi connectivity index (χ1) is 25.1. The number of carboxylic acids is 1. The van der Waals surface area contributed by atoms with Crippen molar-refractivity contribution in [3.63, 3.8) is 0 Å². The van der Waals surface area contributed by atoms with Gasteiger partial charge in [-0.25, -0.2) is 4.79 Å². The molecule has 10 heteroatoms. The van der Waals surface area contributed by atoms with Gasteiger partial charge in [0.1, 0.15) is 0 Å². The molecule has 3 atom stereocenters. The molecule has 0 bridgehead atoms. The molecular formula is C42H59NO8S. The highest BCUT2D eigenvalue weighted by Crippen LogP contribution is 2.56. The van der Waals surface area contributed by atoms with Gasteiger partial charge in [0.2, 0.25) is 11.5 Å². The molecule has 2 aliphatic rings. The highest BCUT2D eigenvalue weighted by molar-refractivity contribution is 8.15. The first-order valence-corrected chi connectivity index (χ1v) is 19.9. The van der Waals surface area contributed by atoms with Crippen LogP contribution in [-0.2, 0) is 28.5 Å². The van der Waals surface area contributed by atoms with Crippen LogP contribution in [0.3, 0.4) is 0 Å². The number of thioether (sulfide) groups is 1. The second-order valence-corrected chi connectivity index (χ2v) is 15.7. The Hall–Kier alpha value is -3.02. The number of benzene rings is 2. The average Bonchev–Trinajstić information content (AvgIpc) is 3.74. The first kappa shape index (κ1) is 41.7. The summed E-state index contributed by atoms with van der Waals surface area (Å²) in [6.07, 6.45) is 15.3. The van der Waals surface area contributed by atoms with Gasteiger partial charge in [0.05, 0.1) is 36.5 Å². The lowest BCUT2D eigenvalue weighted by Gasteiger charge is -2.41. The lowest BCUT2D eigenvalue weighted by molar-refractivity contribution is -0.175. The van der Waals surface area contributed by atoms with Gasteiger partial charge in [-0.3, -0.25) is 14.5 Å². The maximum Gasteiger partial charge on any atom is 0.339 e. The van der Waals surface area contributed by atoms with Crippen LogP contribution in [0.1, 0.15) is 109 Å². The van der Waals surface area contributed by atoms with Crippen LogP contribution in [0.15, 0.2) is 72.8 Å². The van der Waals surface area contributed by atoms with Gasteiger partial charge < -0.3 is 24.4 Å². The Balaban J connectivity index is 1.49. The number of aliphatic hydroxyl groups is 1. The minimum absolute atomic E-state index is 0.214. The normalized spacial score (nSPS) is 20.1. The highest BCUT2D eigenvalue weighted by Gasteiger charge is 2.60. The molecule has 0 radical (unpaired) electrons. The average molecular weight is 738 g/mol. The molecule has 0 unspecified atom stereocenters. The quantitative estimate of drug-likeness (QED) is 0.0903. The number of amides is 2. The summed E-state index contributed by atoms with van der Waals surface area (Å²) in [6.45, 7) is 6.78. The molecule has 0 aliphatic carbocycles. The summed E-state index contributed by atoms with van der Waals surface area (Å²) in [6, 6.07) is 18.6. The minimum Gasteiger partial charge on any atom is -0.479 e. The number of carboxylic acid groups (broad SMARTS) is 1. The van der Waals surface area contributed by atoms with Gasteiger partial charge in [-0.05, 0) is 54.5 Å². The smallest absolute Gasteiger partial charge is 0.339 e. The first-order valence-electron chi connectivity index (χ1n) is 19.1. The number of ether oxygens (including phenoxy) is 3. The fourth-order valence-corrected chi connectivity index (χ4v) is 9.37. The zero-order chi connectivity index (χ0) is 37.6. The van der Waals surface area contributed by atoms with Gasteiger partial charge in [0.25, 0.3) is 5.24 Å². The number of rotatable bonds is 22. The van der Waals surface area contributed by atoms with Crippen LogP contribution in [-0.4, -0.2) is 76.6 Å². The summed E-state index contributed by atoms with van der Waals surface area (Å²) >= 11 is 1.06. The summed E-state index contributed by atoms with van der Waals surface area (Å²) in [5.41, 5.74) is -0.879. The largest absolute Gasteiger partial charge is 0.479 e. The van der Waals surface area contributed by atoms with Crippen molar-refractivity contribution in [2.75, 3.05) is 26.9 Å². The van der Waals surface area contributed by atoms with Crippen molar-refractivity contribution in [2.45, 2.75) is 120 Å². The van der Waals surface area contributed by atoms with E-state index in [1.54, 1.807) is 6.08 Å². The van der Waals surface area contributed by atoms with Crippen LogP contribution in [0.25, 0.3) is 0 Å².